The molecule has 0 aliphatic carbocycles. The third-order valence-electron chi connectivity index (χ3n) is 7.05. The van der Waals surface area contributed by atoms with E-state index in [-0.39, 0.29) is 24.8 Å². The molecule has 4 N–H and O–H groups in total. The highest BCUT2D eigenvalue weighted by Gasteiger charge is 2.49. The number of aliphatic hydroxyl groups is 1. The molecule has 0 radical (unpaired) electrons. The molecule has 41 heavy (non-hydrogen) atoms. The Labute approximate surface area is 245 Å². The van der Waals surface area contributed by atoms with E-state index in [1.807, 2.05) is 75.4 Å². The lowest BCUT2D eigenvalue weighted by Gasteiger charge is -2.33. The first-order valence-corrected chi connectivity index (χ1v) is 14.7. The van der Waals surface area contributed by atoms with Crippen LogP contribution in [0, 0.1) is 6.92 Å². The maximum absolute atomic E-state index is 13.8. The van der Waals surface area contributed by atoms with Crippen LogP contribution in [0.1, 0.15) is 44.4 Å². The molecule has 0 saturated carbocycles. The molecular formula is C30H40N4O6S. The van der Waals surface area contributed by atoms with Crippen molar-refractivity contribution in [3.05, 3.63) is 71.3 Å². The number of rotatable bonds is 11. The molecule has 0 unspecified atom stereocenters. The third-order valence-corrected chi connectivity index (χ3v) is 8.43. The standard InChI is InChI=1S/C30H40N4O6S/c1-6-40-29(39)32-20(3)26(36)33-23(16-21-13-8-7-9-14-21)24(35)28(38)34-18-41-30(4,5)25(34)27(37)31-17-22-15-11-10-12-19(22)2/h7-15,20,23-25,35H,6,16-18H2,1-5H3,(H,31,37)(H,32,39)(H,33,36)/t20-,23-,24-,25+/m0/s1. The predicted octanol–water partition coefficient (Wildman–Crippen LogP) is 2.51. The van der Waals surface area contributed by atoms with Crippen LogP contribution in [0.4, 0.5) is 4.79 Å². The van der Waals surface area contributed by atoms with E-state index >= 15 is 0 Å². The number of alkyl carbamates (subject to hydrolysis) is 1. The van der Waals surface area contributed by atoms with Crippen molar-refractivity contribution in [2.45, 2.75) is 76.6 Å². The summed E-state index contributed by atoms with van der Waals surface area (Å²) in [6, 6.07) is 14.0. The van der Waals surface area contributed by atoms with Gasteiger partial charge in [0.1, 0.15) is 12.1 Å². The summed E-state index contributed by atoms with van der Waals surface area (Å²) in [6.07, 6.45) is -2.24. The van der Waals surface area contributed by atoms with Gasteiger partial charge in [-0.3, -0.25) is 14.4 Å². The number of hydrogen-bond acceptors (Lipinski definition) is 7. The summed E-state index contributed by atoms with van der Waals surface area (Å²) in [4.78, 5) is 53.4. The summed E-state index contributed by atoms with van der Waals surface area (Å²) in [7, 11) is 0. The summed E-state index contributed by atoms with van der Waals surface area (Å²) in [5.74, 6) is -1.36. The Morgan fingerprint density at radius 1 is 1.07 bits per heavy atom. The Hall–Kier alpha value is -3.57. The summed E-state index contributed by atoms with van der Waals surface area (Å²) >= 11 is 1.44. The van der Waals surface area contributed by atoms with Gasteiger partial charge < -0.3 is 30.7 Å². The molecule has 0 bridgehead atoms. The van der Waals surface area contributed by atoms with E-state index in [1.165, 1.54) is 23.6 Å². The zero-order valence-corrected chi connectivity index (χ0v) is 25.0. The lowest BCUT2D eigenvalue weighted by Crippen LogP contribution is -2.59. The van der Waals surface area contributed by atoms with E-state index in [2.05, 4.69) is 16.0 Å². The highest BCUT2D eigenvalue weighted by Crippen LogP contribution is 2.40. The fourth-order valence-electron chi connectivity index (χ4n) is 4.67. The second-order valence-electron chi connectivity index (χ2n) is 10.6. The minimum absolute atomic E-state index is 0.147. The average molecular weight is 585 g/mol. The molecule has 11 heteroatoms. The molecule has 1 saturated heterocycles. The van der Waals surface area contributed by atoms with Crippen LogP contribution in [0.3, 0.4) is 0 Å². The molecule has 1 aliphatic heterocycles. The first-order chi connectivity index (χ1) is 19.4. The Morgan fingerprint density at radius 3 is 2.39 bits per heavy atom. The minimum atomic E-state index is -1.64. The van der Waals surface area contributed by atoms with Crippen LogP contribution >= 0.6 is 11.8 Å². The Morgan fingerprint density at radius 2 is 1.73 bits per heavy atom. The van der Waals surface area contributed by atoms with Gasteiger partial charge in [0.05, 0.1) is 18.5 Å². The molecule has 1 heterocycles. The van der Waals surface area contributed by atoms with Crippen LogP contribution in [-0.2, 0) is 32.1 Å². The fraction of sp³-hybridized carbons (Fsp3) is 0.467. The van der Waals surface area contributed by atoms with E-state index in [1.54, 1.807) is 6.92 Å². The number of amides is 4. The van der Waals surface area contributed by atoms with Crippen molar-refractivity contribution in [2.75, 3.05) is 12.5 Å². The molecule has 0 aromatic heterocycles. The fourth-order valence-corrected chi connectivity index (χ4v) is 5.81. The van der Waals surface area contributed by atoms with Gasteiger partial charge in [-0.2, -0.15) is 0 Å². The van der Waals surface area contributed by atoms with E-state index in [4.69, 9.17) is 4.74 Å². The van der Waals surface area contributed by atoms with Crippen LogP contribution < -0.4 is 16.0 Å². The van der Waals surface area contributed by atoms with Gasteiger partial charge in [0, 0.05) is 11.3 Å². The van der Waals surface area contributed by atoms with Crippen molar-refractivity contribution in [2.24, 2.45) is 0 Å². The molecule has 4 atom stereocenters. The molecular weight excluding hydrogens is 544 g/mol. The van der Waals surface area contributed by atoms with Gasteiger partial charge in [-0.25, -0.2) is 4.79 Å². The molecule has 0 spiro atoms. The van der Waals surface area contributed by atoms with Gasteiger partial charge in [-0.15, -0.1) is 11.8 Å². The molecule has 3 rings (SSSR count). The average Bonchev–Trinajstić information content (AvgIpc) is 3.26. The molecule has 10 nitrogen and oxygen atoms in total. The predicted molar refractivity (Wildman–Crippen MR) is 158 cm³/mol. The van der Waals surface area contributed by atoms with Crippen molar-refractivity contribution >= 4 is 35.6 Å². The molecule has 222 valence electrons. The number of thioether (sulfide) groups is 1. The highest BCUT2D eigenvalue weighted by atomic mass is 32.2. The Balaban J connectivity index is 1.78. The maximum Gasteiger partial charge on any atom is 0.407 e. The summed E-state index contributed by atoms with van der Waals surface area (Å²) in [6.45, 7) is 9.33. The lowest BCUT2D eigenvalue weighted by molar-refractivity contribution is -0.148. The van der Waals surface area contributed by atoms with Gasteiger partial charge in [-0.1, -0.05) is 54.6 Å². The van der Waals surface area contributed by atoms with Gasteiger partial charge in [-0.05, 0) is 57.7 Å². The molecule has 4 amide bonds. The second kappa shape index (κ2) is 14.4. The van der Waals surface area contributed by atoms with Crippen LogP contribution in [0.5, 0.6) is 0 Å². The minimum Gasteiger partial charge on any atom is -0.450 e. The summed E-state index contributed by atoms with van der Waals surface area (Å²) in [5, 5.41) is 19.5. The van der Waals surface area contributed by atoms with E-state index in [0.717, 1.165) is 16.7 Å². The van der Waals surface area contributed by atoms with Crippen LogP contribution in [-0.4, -0.2) is 75.3 Å². The Bertz CT molecular complexity index is 1220. The quantitative estimate of drug-likeness (QED) is 0.319. The van der Waals surface area contributed by atoms with Crippen molar-refractivity contribution in [1.82, 2.24) is 20.9 Å². The first-order valence-electron chi connectivity index (χ1n) is 13.7. The zero-order chi connectivity index (χ0) is 30.2. The number of nitrogens with one attached hydrogen (secondary N) is 3. The van der Waals surface area contributed by atoms with Crippen molar-refractivity contribution in [1.29, 1.82) is 0 Å². The monoisotopic (exact) mass is 584 g/mol. The SMILES string of the molecule is CCOC(=O)N[C@@H](C)C(=O)N[C@@H](Cc1ccccc1)[C@H](O)C(=O)N1CSC(C)(C)[C@H]1C(=O)NCc1ccccc1C. The number of nitrogens with zero attached hydrogens (tertiary/aromatic N) is 1. The van der Waals surface area contributed by atoms with Crippen LogP contribution in [0.15, 0.2) is 54.6 Å². The van der Waals surface area contributed by atoms with Gasteiger partial charge >= 0.3 is 6.09 Å². The first kappa shape index (κ1) is 32.0. The van der Waals surface area contributed by atoms with Gasteiger partial charge in [0.2, 0.25) is 11.8 Å². The molecule has 2 aromatic carbocycles. The van der Waals surface area contributed by atoms with E-state index in [0.29, 0.717) is 6.54 Å². The van der Waals surface area contributed by atoms with Gasteiger partial charge in [0.25, 0.3) is 5.91 Å². The topological polar surface area (TPSA) is 137 Å². The molecule has 1 fully saturated rings. The zero-order valence-electron chi connectivity index (χ0n) is 24.2. The highest BCUT2D eigenvalue weighted by molar-refractivity contribution is 8.00. The van der Waals surface area contributed by atoms with E-state index in [9.17, 15) is 24.3 Å². The van der Waals surface area contributed by atoms with Crippen LogP contribution in [0.2, 0.25) is 0 Å². The van der Waals surface area contributed by atoms with E-state index < -0.39 is 46.9 Å². The number of benzene rings is 2. The van der Waals surface area contributed by atoms with Crippen molar-refractivity contribution in [3.8, 4) is 0 Å². The second-order valence-corrected chi connectivity index (χ2v) is 12.2. The van der Waals surface area contributed by atoms with Crippen molar-refractivity contribution in [3.63, 3.8) is 0 Å². The number of carbonyl (C=O) groups excluding carboxylic acids is 4. The number of hydrogen-bond donors (Lipinski definition) is 4. The van der Waals surface area contributed by atoms with Crippen molar-refractivity contribution < 1.29 is 29.0 Å². The normalized spacial score (nSPS) is 18.1. The Kier molecular flexibility index (Phi) is 11.2. The number of aliphatic hydroxyl groups excluding tert-OH is 1. The lowest BCUT2D eigenvalue weighted by atomic mass is 9.97. The number of ether oxygens (including phenoxy) is 1. The largest absolute Gasteiger partial charge is 0.450 e. The molecule has 2 aromatic rings. The van der Waals surface area contributed by atoms with Gasteiger partial charge in [0.15, 0.2) is 6.10 Å². The third kappa shape index (κ3) is 8.46. The maximum atomic E-state index is 13.8. The smallest absolute Gasteiger partial charge is 0.407 e. The summed E-state index contributed by atoms with van der Waals surface area (Å²) < 4.78 is 4.23. The molecule has 1 aliphatic rings. The summed E-state index contributed by atoms with van der Waals surface area (Å²) in [5.41, 5.74) is 2.81. The van der Waals surface area contributed by atoms with Crippen LogP contribution in [0.25, 0.3) is 0 Å². The number of carbonyl (C=O) groups is 4. The number of aryl methyl sites for hydroxylation is 1.